The highest BCUT2D eigenvalue weighted by Crippen LogP contribution is 2.43. The molecule has 1 aliphatic rings. The van der Waals surface area contributed by atoms with Crippen LogP contribution in [0.15, 0.2) is 109 Å². The molecule has 0 saturated carbocycles. The van der Waals surface area contributed by atoms with Gasteiger partial charge < -0.3 is 4.57 Å². The van der Waals surface area contributed by atoms with E-state index in [1.165, 1.54) is 50.8 Å². The summed E-state index contributed by atoms with van der Waals surface area (Å²) < 4.78 is 15.6. The number of Topliss-reactive ketones (excluding diaryl/α,β-unsaturated/α-hetero) is 1. The summed E-state index contributed by atoms with van der Waals surface area (Å²) in [7, 11) is 2.02. The van der Waals surface area contributed by atoms with Crippen molar-refractivity contribution in [3.05, 3.63) is 160 Å². The molecule has 2 heterocycles. The molecule has 324 valence electrons. The summed E-state index contributed by atoms with van der Waals surface area (Å²) in [4.78, 5) is 17.7. The number of ketones is 1. The largest absolute Gasteiger partial charge is 0.349 e. The van der Waals surface area contributed by atoms with Crippen LogP contribution in [0, 0.1) is 13.8 Å². The number of hydrogen-bond acceptors (Lipinski definition) is 2. The lowest BCUT2D eigenvalue weighted by Crippen LogP contribution is -2.12. The lowest BCUT2D eigenvalue weighted by Gasteiger charge is -2.26. The Hall–Kier alpha value is -4.83. The standard InChI is InChI=1S/C23H33N.C22H24FNO.C7H8.2C2H6/c1-9-19-21(18-12-10-17(8)11-13-18)20(14(2)3)23(16(6)7)24-22(19)15(4)5;1-14(2)21-19(15(3)25)20(16-8-6-5-7-9-16)22(24(21)4)17-10-12-18(23)13-11-17;1-7-5-3-2-4-6-7;2*1-2/h10-16H,9H2,1-8H3;5-10,12-14,17H,11H2,1-4H3;2-6H,1H3;2*1-2H3. The molecule has 1 atom stereocenters. The molecule has 0 bridgehead atoms. The van der Waals surface area contributed by atoms with Crippen LogP contribution in [0.5, 0.6) is 0 Å². The maximum atomic E-state index is 13.5. The Bertz CT molecular complexity index is 2110. The quantitative estimate of drug-likeness (QED) is 0.139. The van der Waals surface area contributed by atoms with Gasteiger partial charge in [0.15, 0.2) is 5.78 Å². The molecule has 0 radical (unpaired) electrons. The molecule has 0 fully saturated rings. The normalized spacial score (nSPS) is 13.0. The van der Waals surface area contributed by atoms with Gasteiger partial charge in [-0.25, -0.2) is 4.39 Å². The number of aryl methyl sites for hydroxylation is 2. The van der Waals surface area contributed by atoms with Crippen LogP contribution < -0.4 is 0 Å². The first-order valence-electron chi connectivity index (χ1n) is 22.6. The third kappa shape index (κ3) is 13.1. The second-order valence-electron chi connectivity index (χ2n) is 16.4. The van der Waals surface area contributed by atoms with Gasteiger partial charge in [-0.05, 0) is 97.3 Å². The van der Waals surface area contributed by atoms with Crippen molar-refractivity contribution in [3.63, 3.8) is 0 Å². The Morgan fingerprint density at radius 1 is 0.700 bits per heavy atom. The highest BCUT2D eigenvalue weighted by Gasteiger charge is 2.30. The second-order valence-corrected chi connectivity index (χ2v) is 16.4. The molecule has 0 N–H and O–H groups in total. The minimum Gasteiger partial charge on any atom is -0.349 e. The van der Waals surface area contributed by atoms with E-state index in [-0.39, 0.29) is 23.4 Å². The molecule has 1 aliphatic carbocycles. The van der Waals surface area contributed by atoms with Gasteiger partial charge >= 0.3 is 0 Å². The number of carbonyl (C=O) groups excluding carboxylic acids is 1. The molecule has 3 aromatic carbocycles. The highest BCUT2D eigenvalue weighted by molar-refractivity contribution is 6.03. The Morgan fingerprint density at radius 3 is 1.60 bits per heavy atom. The highest BCUT2D eigenvalue weighted by atomic mass is 19.1. The fourth-order valence-corrected chi connectivity index (χ4v) is 8.00. The van der Waals surface area contributed by atoms with Crippen molar-refractivity contribution in [1.82, 2.24) is 9.55 Å². The summed E-state index contributed by atoms with van der Waals surface area (Å²) in [6.07, 6.45) is 6.69. The minimum absolute atomic E-state index is 0.0605. The van der Waals surface area contributed by atoms with E-state index in [0.29, 0.717) is 24.2 Å². The average molecular weight is 813 g/mol. The topological polar surface area (TPSA) is 34.9 Å². The fraction of sp³-hybridized carbons (Fsp3) is 0.429. The van der Waals surface area contributed by atoms with E-state index in [9.17, 15) is 9.18 Å². The molecule has 0 amide bonds. The smallest absolute Gasteiger partial charge is 0.162 e. The Labute approximate surface area is 365 Å². The molecule has 60 heavy (non-hydrogen) atoms. The van der Waals surface area contributed by atoms with Crippen molar-refractivity contribution in [2.45, 2.75) is 153 Å². The van der Waals surface area contributed by atoms with Crippen molar-refractivity contribution in [2.24, 2.45) is 7.05 Å². The van der Waals surface area contributed by atoms with E-state index in [0.717, 1.165) is 34.5 Å². The first-order valence-corrected chi connectivity index (χ1v) is 22.6. The van der Waals surface area contributed by atoms with E-state index in [1.54, 1.807) is 13.0 Å². The van der Waals surface area contributed by atoms with Crippen LogP contribution >= 0.6 is 0 Å². The first-order chi connectivity index (χ1) is 28.6. The Morgan fingerprint density at radius 2 is 1.20 bits per heavy atom. The number of pyridine rings is 1. The monoisotopic (exact) mass is 813 g/mol. The lowest BCUT2D eigenvalue weighted by atomic mass is 9.82. The third-order valence-electron chi connectivity index (χ3n) is 10.6. The lowest BCUT2D eigenvalue weighted by molar-refractivity contribution is 0.101. The van der Waals surface area contributed by atoms with Crippen LogP contribution in [0.25, 0.3) is 22.3 Å². The van der Waals surface area contributed by atoms with Gasteiger partial charge in [-0.1, -0.05) is 192 Å². The van der Waals surface area contributed by atoms with Crippen LogP contribution in [0.4, 0.5) is 4.39 Å². The van der Waals surface area contributed by atoms with E-state index in [2.05, 4.69) is 117 Å². The maximum Gasteiger partial charge on any atom is 0.162 e. The van der Waals surface area contributed by atoms with Gasteiger partial charge in [0.2, 0.25) is 0 Å². The molecule has 3 nitrogen and oxygen atoms in total. The zero-order valence-corrected chi connectivity index (χ0v) is 40.3. The summed E-state index contributed by atoms with van der Waals surface area (Å²) in [6.45, 7) is 34.0. The summed E-state index contributed by atoms with van der Waals surface area (Å²) >= 11 is 0. The van der Waals surface area contributed by atoms with Gasteiger partial charge in [0.05, 0.1) is 0 Å². The van der Waals surface area contributed by atoms with Gasteiger partial charge in [-0.15, -0.1) is 0 Å². The van der Waals surface area contributed by atoms with E-state index in [1.807, 2.05) is 89.3 Å². The number of benzene rings is 3. The second kappa shape index (κ2) is 25.1. The SMILES string of the molecule is CC.CC.CC(=O)c1c(-c2ccccc2)c(C2C=CC(F)=CC2)n(C)c1C(C)C.CCc1c(C(C)C)nc(C(C)C)c(C(C)C)c1-c1ccc(C)cc1.Cc1ccccc1. The summed E-state index contributed by atoms with van der Waals surface area (Å²) in [5.41, 5.74) is 15.8. The van der Waals surface area contributed by atoms with Crippen molar-refractivity contribution in [3.8, 4) is 22.3 Å². The molecule has 4 heteroatoms. The van der Waals surface area contributed by atoms with Gasteiger partial charge in [0.1, 0.15) is 5.83 Å². The van der Waals surface area contributed by atoms with Crippen LogP contribution in [0.1, 0.15) is 188 Å². The van der Waals surface area contributed by atoms with Gasteiger partial charge in [-0.3, -0.25) is 9.78 Å². The Balaban J connectivity index is 0.000000332. The molecular formula is C56H77FN2O. The van der Waals surface area contributed by atoms with Crippen LogP contribution in [0.2, 0.25) is 0 Å². The summed E-state index contributed by atoms with van der Waals surface area (Å²) in [5.74, 6) is 1.52. The summed E-state index contributed by atoms with van der Waals surface area (Å²) in [5, 5.41) is 0. The molecule has 2 aromatic heterocycles. The zero-order valence-electron chi connectivity index (χ0n) is 40.3. The molecule has 5 aromatic rings. The number of carbonyl (C=O) groups is 1. The molecule has 0 aliphatic heterocycles. The van der Waals surface area contributed by atoms with E-state index >= 15 is 0 Å². The minimum atomic E-state index is -0.192. The number of aromatic nitrogens is 2. The van der Waals surface area contributed by atoms with Crippen LogP contribution in [0.3, 0.4) is 0 Å². The number of allylic oxidation sites excluding steroid dienone is 4. The average Bonchev–Trinajstić information content (AvgIpc) is 3.56. The van der Waals surface area contributed by atoms with Gasteiger partial charge in [-0.2, -0.15) is 0 Å². The molecule has 6 rings (SSSR count). The van der Waals surface area contributed by atoms with Crippen molar-refractivity contribution < 1.29 is 9.18 Å². The predicted octanol–water partition coefficient (Wildman–Crippen LogP) is 17.0. The van der Waals surface area contributed by atoms with Crippen LogP contribution in [-0.2, 0) is 13.5 Å². The third-order valence-corrected chi connectivity index (χ3v) is 10.6. The predicted molar refractivity (Wildman–Crippen MR) is 261 cm³/mol. The molecule has 1 unspecified atom stereocenters. The zero-order chi connectivity index (χ0) is 45.3. The van der Waals surface area contributed by atoms with Gasteiger partial charge in [0, 0.05) is 46.9 Å². The molecule has 0 spiro atoms. The van der Waals surface area contributed by atoms with Crippen LogP contribution in [-0.4, -0.2) is 15.3 Å². The molecule has 0 saturated heterocycles. The number of nitrogens with zero attached hydrogens (tertiary/aromatic N) is 2. The maximum absolute atomic E-state index is 13.5. The first kappa shape index (κ1) is 51.3. The number of hydrogen-bond donors (Lipinski definition) is 0. The van der Waals surface area contributed by atoms with E-state index < -0.39 is 0 Å². The van der Waals surface area contributed by atoms with Crippen molar-refractivity contribution >= 4 is 5.78 Å². The number of halogens is 1. The van der Waals surface area contributed by atoms with Gasteiger partial charge in [0.25, 0.3) is 0 Å². The Kier molecular flexibility index (Phi) is 21.4. The van der Waals surface area contributed by atoms with E-state index in [4.69, 9.17) is 4.98 Å². The van der Waals surface area contributed by atoms with Crippen molar-refractivity contribution in [1.29, 1.82) is 0 Å². The number of rotatable bonds is 9. The molecular weight excluding hydrogens is 736 g/mol. The summed E-state index contributed by atoms with van der Waals surface area (Å²) in [6, 6.07) is 29.3. The fourth-order valence-electron chi connectivity index (χ4n) is 8.00. The van der Waals surface area contributed by atoms with Crippen molar-refractivity contribution in [2.75, 3.05) is 0 Å².